The summed E-state index contributed by atoms with van der Waals surface area (Å²) >= 11 is 0. The number of azide groups is 1. The summed E-state index contributed by atoms with van der Waals surface area (Å²) in [6.07, 6.45) is -3.91. The molecule has 10 heteroatoms. The topological polar surface area (TPSA) is 119 Å². The van der Waals surface area contributed by atoms with Crippen molar-refractivity contribution >= 4 is 0 Å². The molecule has 20 heavy (non-hydrogen) atoms. The number of hydrogen-bond acceptors (Lipinski definition) is 5. The van der Waals surface area contributed by atoms with Crippen LogP contribution in [0.15, 0.2) is 5.11 Å². The van der Waals surface area contributed by atoms with Crippen molar-refractivity contribution in [2.75, 3.05) is 6.61 Å². The molecule has 0 bridgehead atoms. The first-order valence-corrected chi connectivity index (χ1v) is 5.49. The van der Waals surface area contributed by atoms with Crippen molar-refractivity contribution in [3.63, 3.8) is 0 Å². The maximum absolute atomic E-state index is 9.90. The van der Waals surface area contributed by atoms with Gasteiger partial charge in [-0.15, -0.1) is 0 Å². The third kappa shape index (κ3) is 7.57. The van der Waals surface area contributed by atoms with Crippen LogP contribution in [0, 0.1) is 138 Å². The zero-order chi connectivity index (χ0) is 13.2. The van der Waals surface area contributed by atoms with Crippen molar-refractivity contribution in [1.29, 1.82) is 0 Å². The molecule has 0 aromatic carbocycles. The quantitative estimate of drug-likeness (QED) is 0.209. The molecule has 1 heterocycles. The molecule has 107 valence electrons. The van der Waals surface area contributed by atoms with Crippen molar-refractivity contribution in [2.24, 2.45) is 10.5 Å². The molecule has 3 N–H and O–H groups in total. The maximum Gasteiger partial charge on any atom is 0.109 e. The molecule has 0 spiro atoms. The van der Waals surface area contributed by atoms with E-state index in [1.54, 1.807) is 0 Å². The number of nitrogens with zero attached hydrogens (tertiary/aromatic N) is 3. The van der Waals surface area contributed by atoms with Gasteiger partial charge in [0.2, 0.25) is 0 Å². The van der Waals surface area contributed by atoms with Gasteiger partial charge in [0.25, 0.3) is 0 Å². The minimum absolute atomic E-state index is 0. The first kappa shape index (κ1) is 28.3. The van der Waals surface area contributed by atoms with Gasteiger partial charge in [0.05, 0.1) is 24.9 Å². The predicted molar refractivity (Wildman–Crippen MR) is 60.1 cm³/mol. The smallest absolute Gasteiger partial charge is 0.109 e. The van der Waals surface area contributed by atoms with Crippen LogP contribution in [-0.4, -0.2) is 52.4 Å². The van der Waals surface area contributed by atoms with E-state index in [0.29, 0.717) is 0 Å². The Balaban J connectivity index is -0.000000963. The Hall–Kier alpha value is 3.47. The van der Waals surface area contributed by atoms with Crippen LogP contribution < -0.4 is 0 Å². The number of aliphatic hydroxyl groups is 3. The zero-order valence-corrected chi connectivity index (χ0v) is 26.2. The minimum Gasteiger partial charge on any atom is -0.394 e. The van der Waals surface area contributed by atoms with E-state index >= 15 is 0 Å². The van der Waals surface area contributed by atoms with E-state index in [0.717, 1.165) is 0 Å². The summed E-state index contributed by atoms with van der Waals surface area (Å²) in [5, 5.41) is 32.2. The van der Waals surface area contributed by atoms with Crippen molar-refractivity contribution in [1.82, 2.24) is 0 Å². The van der Waals surface area contributed by atoms with Gasteiger partial charge >= 0.3 is 0 Å². The van der Waals surface area contributed by atoms with Crippen molar-refractivity contribution in [3.05, 3.63) is 10.4 Å². The van der Waals surface area contributed by atoms with E-state index in [1.807, 2.05) is 20.8 Å². The molecule has 3 radical (unpaired) electrons. The fourth-order valence-corrected chi connectivity index (χ4v) is 2.01. The van der Waals surface area contributed by atoms with Crippen LogP contribution in [-0.2, 0) is 4.74 Å². The number of ether oxygens (including phenoxy) is 1. The zero-order valence-electron chi connectivity index (χ0n) is 11.9. The van der Waals surface area contributed by atoms with Crippen LogP contribution in [0.5, 0.6) is 0 Å². The monoisotopic (exact) mass is 926 g/mol. The molecular weight excluding hydrogens is 907 g/mol. The molecule has 7 nitrogen and oxygen atoms in total. The summed E-state index contributed by atoms with van der Waals surface area (Å²) in [6.45, 7) is 5.22. The van der Waals surface area contributed by atoms with E-state index in [1.165, 1.54) is 0 Å². The van der Waals surface area contributed by atoms with Gasteiger partial charge in [-0.25, -0.2) is 0 Å². The Morgan fingerprint density at radius 1 is 1.15 bits per heavy atom. The van der Waals surface area contributed by atoms with Crippen LogP contribution >= 0.6 is 0 Å². The van der Waals surface area contributed by atoms with Gasteiger partial charge in [-0.1, -0.05) is 25.9 Å². The molecule has 1 aliphatic rings. The number of aliphatic hydroxyl groups excluding tert-OH is 3. The van der Waals surface area contributed by atoms with Gasteiger partial charge in [-0.05, 0) is 10.9 Å². The predicted octanol–water partition coefficient (Wildman–Crippen LogP) is 0.193. The second kappa shape index (κ2) is 12.8. The Kier molecular flexibility index (Phi) is 18.1. The van der Waals surface area contributed by atoms with Crippen molar-refractivity contribution in [3.8, 4) is 0 Å². The summed E-state index contributed by atoms with van der Waals surface area (Å²) < 4.78 is 5.52. The van der Waals surface area contributed by atoms with E-state index in [2.05, 4.69) is 10.0 Å². The second-order valence-electron chi connectivity index (χ2n) is 5.32. The van der Waals surface area contributed by atoms with Gasteiger partial charge in [0.15, 0.2) is 0 Å². The first-order chi connectivity index (χ1) is 7.82. The van der Waals surface area contributed by atoms with E-state index < -0.39 is 37.1 Å². The Labute approximate surface area is 226 Å². The Bertz CT molecular complexity index is 323. The summed E-state index contributed by atoms with van der Waals surface area (Å²) in [7, 11) is 0. The van der Waals surface area contributed by atoms with Gasteiger partial charge in [-0.3, -0.25) is 0 Å². The SMILES string of the molecule is CC(C)(C)[C@@H]1O[C@H](CO)[C@@H](O)[C@H](O)[C@H]1N=[N+]=[N-].[Ac].[Ac].[Ac]. The van der Waals surface area contributed by atoms with Crippen LogP contribution in [0.1, 0.15) is 20.8 Å². The molecule has 1 fully saturated rings. The molecular formula is C10H19Ac3N3O4. The molecule has 0 aromatic rings. The van der Waals surface area contributed by atoms with Gasteiger partial charge in [-0.2, -0.15) is 0 Å². The largest absolute Gasteiger partial charge is 0.394 e. The summed E-state index contributed by atoms with van der Waals surface area (Å²) in [5.74, 6) is 0. The molecule has 0 saturated carbocycles. The van der Waals surface area contributed by atoms with Gasteiger partial charge in [0, 0.05) is 137 Å². The van der Waals surface area contributed by atoms with Crippen LogP contribution in [0.25, 0.3) is 10.4 Å². The number of hydrogen-bond donors (Lipinski definition) is 3. The molecule has 5 atom stereocenters. The number of rotatable bonds is 2. The summed E-state index contributed by atoms with van der Waals surface area (Å²) in [4.78, 5) is 2.67. The Morgan fingerprint density at radius 2 is 1.65 bits per heavy atom. The summed E-state index contributed by atoms with van der Waals surface area (Å²) in [6, 6.07) is -0.863. The van der Waals surface area contributed by atoms with Crippen molar-refractivity contribution < 1.29 is 152 Å². The molecule has 1 saturated heterocycles. The minimum atomic E-state index is -1.26. The average Bonchev–Trinajstić information content (AvgIpc) is 2.24. The second-order valence-corrected chi connectivity index (χ2v) is 5.32. The van der Waals surface area contributed by atoms with E-state index in [9.17, 15) is 10.2 Å². The van der Waals surface area contributed by atoms with E-state index in [4.69, 9.17) is 15.4 Å². The normalized spacial score (nSPS) is 32.8. The van der Waals surface area contributed by atoms with Crippen LogP contribution in [0.4, 0.5) is 0 Å². The summed E-state index contributed by atoms with van der Waals surface area (Å²) in [5.41, 5.74) is 8.11. The fraction of sp³-hybridized carbons (Fsp3) is 1.00. The molecule has 0 aromatic heterocycles. The third-order valence-corrected chi connectivity index (χ3v) is 2.93. The van der Waals surface area contributed by atoms with Gasteiger partial charge < -0.3 is 20.1 Å². The third-order valence-electron chi connectivity index (χ3n) is 2.93. The Morgan fingerprint density at radius 3 is 2.00 bits per heavy atom. The van der Waals surface area contributed by atoms with Gasteiger partial charge in [0.1, 0.15) is 12.2 Å². The molecule has 0 aliphatic carbocycles. The fourth-order valence-electron chi connectivity index (χ4n) is 2.01. The molecule has 1 rings (SSSR count). The average molecular weight is 926 g/mol. The molecule has 1 aliphatic heterocycles. The van der Waals surface area contributed by atoms with Crippen LogP contribution in [0.2, 0.25) is 0 Å². The maximum atomic E-state index is 9.90. The first-order valence-electron chi connectivity index (χ1n) is 5.49. The molecule has 0 amide bonds. The van der Waals surface area contributed by atoms with E-state index in [-0.39, 0.29) is 138 Å². The van der Waals surface area contributed by atoms with Crippen LogP contribution in [0.3, 0.4) is 0 Å². The molecule has 0 unspecified atom stereocenters. The standard InChI is InChI=1S/C10H19N3O4.3Ac/c1-10(2,3)9-6(12-13-11)8(16)7(15)5(4-14)17-9;;;/h5-9,14-16H,4H2,1-3H3;;;/t5-,6-,7-,8-,9-;;;/m1.../s1. The van der Waals surface area contributed by atoms with Crippen molar-refractivity contribution in [2.45, 2.75) is 51.2 Å².